The number of esters is 1. The number of aryl methyl sites for hydroxylation is 1. The Bertz CT molecular complexity index is 844. The van der Waals surface area contributed by atoms with Crippen LogP contribution < -0.4 is 5.32 Å². The van der Waals surface area contributed by atoms with Crippen molar-refractivity contribution in [2.75, 3.05) is 32.1 Å². The number of carbonyl (C=O) groups excluding carboxylic acids is 2. The summed E-state index contributed by atoms with van der Waals surface area (Å²) in [6.45, 7) is 6.18. The zero-order valence-corrected chi connectivity index (χ0v) is 18.0. The Morgan fingerprint density at radius 3 is 2.69 bits per heavy atom. The molecule has 3 rings (SSSR count). The number of nitrogens with one attached hydrogen (secondary N) is 1. The quantitative estimate of drug-likeness (QED) is 0.664. The van der Waals surface area contributed by atoms with Gasteiger partial charge in [0, 0.05) is 24.6 Å². The second-order valence-electron chi connectivity index (χ2n) is 7.32. The minimum atomic E-state index is -0.428. The fourth-order valence-corrected chi connectivity index (χ4v) is 4.60. The molecule has 0 spiro atoms. The molecule has 1 N–H and O–H groups in total. The molecule has 0 aliphatic carbocycles. The van der Waals surface area contributed by atoms with Gasteiger partial charge in [-0.3, -0.25) is 9.69 Å². The third kappa shape index (κ3) is 5.65. The van der Waals surface area contributed by atoms with E-state index in [0.717, 1.165) is 35.5 Å². The van der Waals surface area contributed by atoms with Crippen LogP contribution in [0.4, 0.5) is 5.00 Å². The molecule has 1 aromatic heterocycles. The van der Waals surface area contributed by atoms with Gasteiger partial charge in [-0.25, -0.2) is 4.79 Å². The highest BCUT2D eigenvalue weighted by Crippen LogP contribution is 2.33. The van der Waals surface area contributed by atoms with Gasteiger partial charge in [0.25, 0.3) is 0 Å². The van der Waals surface area contributed by atoms with Gasteiger partial charge in [0.2, 0.25) is 5.91 Å². The Balaban J connectivity index is 1.71. The molecule has 1 atom stereocenters. The first-order chi connectivity index (χ1) is 14.0. The first-order valence-electron chi connectivity index (χ1n) is 9.84. The summed E-state index contributed by atoms with van der Waals surface area (Å²) < 4.78 is 10.7. The molecular formula is C22H28N2O4S. The summed E-state index contributed by atoms with van der Waals surface area (Å²) in [6.07, 6.45) is 2.23. The summed E-state index contributed by atoms with van der Waals surface area (Å²) in [5.41, 5.74) is 2.44. The van der Waals surface area contributed by atoms with Crippen molar-refractivity contribution in [2.45, 2.75) is 39.3 Å². The standard InChI is InChI=1S/C22H28N2O4S/c1-15-16(2)29-21(20(15)22(26)27-3)23-19(25)14-24(13-18-10-7-11-28-18)12-17-8-5-4-6-9-17/h4-6,8-9,18H,7,10-14H2,1-3H3,(H,23,25). The molecule has 1 aliphatic heterocycles. The van der Waals surface area contributed by atoms with Gasteiger partial charge in [-0.05, 0) is 37.8 Å². The number of amides is 1. The van der Waals surface area contributed by atoms with E-state index in [-0.39, 0.29) is 18.6 Å². The Kier molecular flexibility index (Phi) is 7.41. The highest BCUT2D eigenvalue weighted by molar-refractivity contribution is 7.16. The molecule has 0 saturated carbocycles. The van der Waals surface area contributed by atoms with E-state index in [1.54, 1.807) is 0 Å². The van der Waals surface area contributed by atoms with Crippen LogP contribution in [0.15, 0.2) is 30.3 Å². The maximum Gasteiger partial charge on any atom is 0.341 e. The molecule has 1 saturated heterocycles. The molecule has 2 aromatic rings. The van der Waals surface area contributed by atoms with Gasteiger partial charge in [-0.2, -0.15) is 0 Å². The van der Waals surface area contributed by atoms with E-state index in [1.807, 2.05) is 32.0 Å². The lowest BCUT2D eigenvalue weighted by Gasteiger charge is -2.24. The molecule has 0 radical (unpaired) electrons. The van der Waals surface area contributed by atoms with E-state index in [0.29, 0.717) is 23.7 Å². The molecule has 29 heavy (non-hydrogen) atoms. The normalized spacial score (nSPS) is 16.2. The zero-order chi connectivity index (χ0) is 20.8. The molecule has 2 heterocycles. The van der Waals surface area contributed by atoms with Crippen LogP contribution in [0.2, 0.25) is 0 Å². The second kappa shape index (κ2) is 10.0. The zero-order valence-electron chi connectivity index (χ0n) is 17.2. The molecule has 1 fully saturated rings. The first-order valence-corrected chi connectivity index (χ1v) is 10.7. The lowest BCUT2D eigenvalue weighted by molar-refractivity contribution is -0.117. The number of hydrogen-bond acceptors (Lipinski definition) is 6. The Hall–Kier alpha value is -2.22. The molecule has 1 amide bonds. The van der Waals surface area contributed by atoms with Gasteiger partial charge in [-0.1, -0.05) is 30.3 Å². The van der Waals surface area contributed by atoms with Crippen molar-refractivity contribution in [1.29, 1.82) is 0 Å². The van der Waals surface area contributed by atoms with Gasteiger partial charge >= 0.3 is 5.97 Å². The third-order valence-corrected chi connectivity index (χ3v) is 6.25. The highest BCUT2D eigenvalue weighted by atomic mass is 32.1. The smallest absolute Gasteiger partial charge is 0.341 e. The molecule has 1 aromatic carbocycles. The number of rotatable bonds is 8. The minimum absolute atomic E-state index is 0.148. The van der Waals surface area contributed by atoms with Crippen LogP contribution in [-0.4, -0.2) is 49.7 Å². The van der Waals surface area contributed by atoms with E-state index < -0.39 is 5.97 Å². The van der Waals surface area contributed by atoms with E-state index >= 15 is 0 Å². The fourth-order valence-electron chi connectivity index (χ4n) is 3.54. The minimum Gasteiger partial charge on any atom is -0.465 e. The summed E-state index contributed by atoms with van der Waals surface area (Å²) in [4.78, 5) is 28.1. The SMILES string of the molecule is COC(=O)c1c(NC(=O)CN(Cc2ccccc2)CC2CCCO2)sc(C)c1C. The van der Waals surface area contributed by atoms with Gasteiger partial charge < -0.3 is 14.8 Å². The lowest BCUT2D eigenvalue weighted by Crippen LogP contribution is -2.38. The van der Waals surface area contributed by atoms with Crippen molar-refractivity contribution in [3.05, 3.63) is 51.9 Å². The van der Waals surface area contributed by atoms with Crippen LogP contribution >= 0.6 is 11.3 Å². The maximum atomic E-state index is 12.8. The number of carbonyl (C=O) groups is 2. The van der Waals surface area contributed by atoms with E-state index in [4.69, 9.17) is 9.47 Å². The molecule has 1 unspecified atom stereocenters. The molecule has 7 heteroatoms. The first kappa shape index (κ1) is 21.5. The summed E-state index contributed by atoms with van der Waals surface area (Å²) in [5.74, 6) is -0.576. The largest absolute Gasteiger partial charge is 0.465 e. The Labute approximate surface area is 175 Å². The molecule has 0 bridgehead atoms. The van der Waals surface area contributed by atoms with E-state index in [9.17, 15) is 9.59 Å². The van der Waals surface area contributed by atoms with Crippen LogP contribution in [0.3, 0.4) is 0 Å². The Morgan fingerprint density at radius 1 is 1.28 bits per heavy atom. The van der Waals surface area contributed by atoms with E-state index in [1.165, 1.54) is 18.4 Å². The van der Waals surface area contributed by atoms with Crippen molar-refractivity contribution in [1.82, 2.24) is 4.90 Å². The predicted octanol–water partition coefficient (Wildman–Crippen LogP) is 3.77. The average Bonchev–Trinajstić information content (AvgIpc) is 3.30. The third-order valence-electron chi connectivity index (χ3n) is 5.13. The number of anilines is 1. The molecule has 6 nitrogen and oxygen atoms in total. The van der Waals surface area contributed by atoms with Crippen molar-refractivity contribution in [2.24, 2.45) is 0 Å². The predicted molar refractivity (Wildman–Crippen MR) is 114 cm³/mol. The monoisotopic (exact) mass is 416 g/mol. The summed E-state index contributed by atoms with van der Waals surface area (Å²) in [6, 6.07) is 10.1. The van der Waals surface area contributed by atoms with Crippen LogP contribution in [0.1, 0.15) is 39.2 Å². The summed E-state index contributed by atoms with van der Waals surface area (Å²) in [7, 11) is 1.35. The number of hydrogen-bond donors (Lipinski definition) is 1. The van der Waals surface area contributed by atoms with Crippen LogP contribution in [0, 0.1) is 13.8 Å². The number of ether oxygens (including phenoxy) is 2. The highest BCUT2D eigenvalue weighted by Gasteiger charge is 2.24. The average molecular weight is 417 g/mol. The van der Waals surface area contributed by atoms with Gasteiger partial charge in [0.15, 0.2) is 0 Å². The fraction of sp³-hybridized carbons (Fsp3) is 0.455. The number of thiophene rings is 1. The number of benzene rings is 1. The van der Waals surface area contributed by atoms with Gasteiger partial charge in [0.1, 0.15) is 5.00 Å². The van der Waals surface area contributed by atoms with Crippen LogP contribution in [-0.2, 0) is 20.8 Å². The molecular weight excluding hydrogens is 388 g/mol. The van der Waals surface area contributed by atoms with Gasteiger partial charge in [-0.15, -0.1) is 11.3 Å². The lowest BCUT2D eigenvalue weighted by atomic mass is 10.1. The molecule has 1 aliphatic rings. The van der Waals surface area contributed by atoms with Gasteiger partial charge in [0.05, 0.1) is 25.3 Å². The van der Waals surface area contributed by atoms with E-state index in [2.05, 4.69) is 22.3 Å². The van der Waals surface area contributed by atoms with Crippen LogP contribution in [0.25, 0.3) is 0 Å². The number of methoxy groups -OCH3 is 1. The van der Waals surface area contributed by atoms with Crippen molar-refractivity contribution >= 4 is 28.2 Å². The van der Waals surface area contributed by atoms with Crippen LogP contribution in [0.5, 0.6) is 0 Å². The summed E-state index contributed by atoms with van der Waals surface area (Å²) in [5, 5.41) is 3.47. The number of nitrogens with zero attached hydrogens (tertiary/aromatic N) is 1. The Morgan fingerprint density at radius 2 is 2.03 bits per heavy atom. The van der Waals surface area contributed by atoms with Crippen molar-refractivity contribution in [3.8, 4) is 0 Å². The second-order valence-corrected chi connectivity index (χ2v) is 8.54. The summed E-state index contributed by atoms with van der Waals surface area (Å²) >= 11 is 1.40. The van der Waals surface area contributed by atoms with Crippen molar-refractivity contribution in [3.63, 3.8) is 0 Å². The maximum absolute atomic E-state index is 12.8. The molecule has 156 valence electrons. The van der Waals surface area contributed by atoms with Crippen molar-refractivity contribution < 1.29 is 19.1 Å². The topological polar surface area (TPSA) is 67.9 Å².